The predicted molar refractivity (Wildman–Crippen MR) is 141 cm³/mol. The van der Waals surface area contributed by atoms with E-state index in [0.29, 0.717) is 22.3 Å². The molecule has 6 rings (SSSR count). The van der Waals surface area contributed by atoms with Crippen molar-refractivity contribution in [1.29, 1.82) is 0 Å². The van der Waals surface area contributed by atoms with Crippen molar-refractivity contribution in [3.05, 3.63) is 144 Å². The van der Waals surface area contributed by atoms with Gasteiger partial charge >= 0.3 is 22.4 Å². The Kier molecular flexibility index (Phi) is 7.64. The Morgan fingerprint density at radius 1 is 0.564 bits per heavy atom. The Bertz CT molecular complexity index is 1260. The van der Waals surface area contributed by atoms with Crippen LogP contribution in [0.3, 0.4) is 0 Å². The van der Waals surface area contributed by atoms with Crippen LogP contribution in [0.1, 0.15) is 36.1 Å². The first-order chi connectivity index (χ1) is 18.3. The molecule has 0 amide bonds. The van der Waals surface area contributed by atoms with Gasteiger partial charge < -0.3 is 14.4 Å². The zero-order valence-electron chi connectivity index (χ0n) is 21.4. The molecule has 204 valence electrons. The van der Waals surface area contributed by atoms with Crippen LogP contribution in [0.2, 0.25) is 0 Å². The molecule has 39 heavy (non-hydrogen) atoms. The fourth-order valence-electron chi connectivity index (χ4n) is 5.77. The summed E-state index contributed by atoms with van der Waals surface area (Å²) in [5.41, 5.74) is -0.746. The van der Waals surface area contributed by atoms with Gasteiger partial charge in [-0.25, -0.2) is 0 Å². The number of phosphoric acid groups is 1. The van der Waals surface area contributed by atoms with Gasteiger partial charge in [-0.1, -0.05) is 121 Å². The van der Waals surface area contributed by atoms with Crippen LogP contribution >= 0.6 is 7.82 Å². The summed E-state index contributed by atoms with van der Waals surface area (Å²) in [7, 11) is -5.04. The van der Waals surface area contributed by atoms with Gasteiger partial charge in [0.15, 0.2) is 17.0 Å². The van der Waals surface area contributed by atoms with Crippen molar-refractivity contribution < 1.29 is 50.4 Å². The molecule has 2 fully saturated rings. The minimum Gasteiger partial charge on any atom is -0.756 e. The molecule has 0 aliphatic carbocycles. The third-order valence-corrected chi connectivity index (χ3v) is 8.24. The van der Waals surface area contributed by atoms with Gasteiger partial charge in [0.1, 0.15) is 12.2 Å². The van der Waals surface area contributed by atoms with E-state index in [1.54, 1.807) is 0 Å². The first kappa shape index (κ1) is 28.2. The molecule has 0 N–H and O–H groups in total. The Morgan fingerprint density at radius 3 is 1.08 bits per heavy atom. The summed E-state index contributed by atoms with van der Waals surface area (Å²) >= 11 is 0. The Hall–Kier alpha value is -2.35. The van der Waals surface area contributed by atoms with Crippen molar-refractivity contribution >= 4 is 7.82 Å². The summed E-state index contributed by atoms with van der Waals surface area (Å²) in [6.45, 7) is 3.64. The first-order valence-electron chi connectivity index (χ1n) is 12.6. The number of fused-ring (bicyclic) bond motifs is 1. The molecule has 4 aromatic rings. The van der Waals surface area contributed by atoms with Crippen molar-refractivity contribution in [1.82, 2.24) is 0 Å². The van der Waals surface area contributed by atoms with Crippen molar-refractivity contribution in [2.45, 2.75) is 43.0 Å². The molecule has 0 bridgehead atoms. The summed E-state index contributed by atoms with van der Waals surface area (Å²) in [4.78, 5) is 14.1. The minimum atomic E-state index is -5.04. The second-order valence-electron chi connectivity index (χ2n) is 10.0. The maximum atomic E-state index is 14.1. The SMILES string of the molecule is CC1(C)O[C@@H]2[C@@H](O1)C(c1ccccc1)(c1ccccc1)OP(=O)([O-])OC2(c1ccccc1)c1ccccc1.[Ag+]. The molecule has 0 spiro atoms. The van der Waals surface area contributed by atoms with E-state index in [4.69, 9.17) is 18.5 Å². The topological polar surface area (TPSA) is 77.1 Å². The Morgan fingerprint density at radius 2 is 0.821 bits per heavy atom. The smallest absolute Gasteiger partial charge is 0.756 e. The summed E-state index contributed by atoms with van der Waals surface area (Å²) in [5, 5.41) is 0. The Balaban J connectivity index is 0.00000308. The largest absolute Gasteiger partial charge is 1.00 e. The zero-order valence-corrected chi connectivity index (χ0v) is 23.8. The molecule has 0 unspecified atom stereocenters. The number of rotatable bonds is 4. The van der Waals surface area contributed by atoms with Crippen molar-refractivity contribution in [3.8, 4) is 0 Å². The molecule has 2 aliphatic rings. The van der Waals surface area contributed by atoms with Crippen molar-refractivity contribution in [2.24, 2.45) is 0 Å². The van der Waals surface area contributed by atoms with E-state index in [0.717, 1.165) is 0 Å². The van der Waals surface area contributed by atoms with E-state index in [1.165, 1.54) is 0 Å². The summed E-state index contributed by atoms with van der Waals surface area (Å²) < 4.78 is 39.9. The van der Waals surface area contributed by atoms with Crippen LogP contribution in [0, 0.1) is 0 Å². The average Bonchev–Trinajstić information content (AvgIpc) is 3.24. The molecular weight excluding hydrogens is 607 g/mol. The molecule has 2 atom stereocenters. The third kappa shape index (κ3) is 4.81. The number of benzene rings is 4. The summed E-state index contributed by atoms with van der Waals surface area (Å²) in [6, 6.07) is 37.0. The van der Waals surface area contributed by atoms with E-state index < -0.39 is 37.0 Å². The fourth-order valence-corrected chi connectivity index (χ4v) is 7.15. The molecule has 8 heteroatoms. The van der Waals surface area contributed by atoms with Crippen molar-refractivity contribution in [3.63, 3.8) is 0 Å². The standard InChI is InChI=1S/C31H29O6P.Ag/c1-29(2)34-27-28(35-29)31(25-19-11-5-12-20-25,26-21-13-6-14-22-26)37-38(32,33)36-30(27,23-15-7-3-8-16-23)24-17-9-4-10-18-24;/h3-22,27-28H,1-2H3,(H,32,33);/q;+1/p-1/t27-,28-;/m1./s1. The van der Waals surface area contributed by atoms with Gasteiger partial charge in [-0.2, -0.15) is 0 Å². The average molecular weight is 635 g/mol. The predicted octanol–water partition coefficient (Wildman–Crippen LogP) is 5.91. The van der Waals surface area contributed by atoms with E-state index in [-0.39, 0.29) is 22.4 Å². The van der Waals surface area contributed by atoms with Crippen LogP contribution in [-0.4, -0.2) is 18.0 Å². The second kappa shape index (κ2) is 10.6. The third-order valence-electron chi connectivity index (χ3n) is 7.22. The van der Waals surface area contributed by atoms with E-state index in [9.17, 15) is 9.46 Å². The molecule has 0 aromatic heterocycles. The fraction of sp³-hybridized carbons (Fsp3) is 0.226. The van der Waals surface area contributed by atoms with Crippen LogP contribution in [0.25, 0.3) is 0 Å². The van der Waals surface area contributed by atoms with Crippen LogP contribution in [0.4, 0.5) is 0 Å². The minimum absolute atomic E-state index is 0. The van der Waals surface area contributed by atoms with Gasteiger partial charge in [-0.3, -0.25) is 13.6 Å². The molecule has 2 saturated heterocycles. The van der Waals surface area contributed by atoms with Crippen molar-refractivity contribution in [2.75, 3.05) is 0 Å². The van der Waals surface area contributed by atoms with E-state index in [1.807, 2.05) is 135 Å². The molecule has 0 saturated carbocycles. The summed E-state index contributed by atoms with van der Waals surface area (Å²) in [6.07, 6.45) is -1.85. The van der Waals surface area contributed by atoms with Crippen LogP contribution in [-0.2, 0) is 56.7 Å². The quantitative estimate of drug-likeness (QED) is 0.205. The van der Waals surface area contributed by atoms with E-state index >= 15 is 0 Å². The normalized spacial score (nSPS) is 24.1. The molecule has 6 nitrogen and oxygen atoms in total. The number of phosphoric ester groups is 1. The van der Waals surface area contributed by atoms with Gasteiger partial charge in [0.05, 0.1) is 0 Å². The molecule has 4 aromatic carbocycles. The van der Waals surface area contributed by atoms with Gasteiger partial charge in [0, 0.05) is 0 Å². The second-order valence-corrected chi connectivity index (χ2v) is 11.3. The molecule has 0 radical (unpaired) electrons. The monoisotopic (exact) mass is 634 g/mol. The van der Waals surface area contributed by atoms with Gasteiger partial charge in [0.25, 0.3) is 7.82 Å². The number of hydrogen-bond acceptors (Lipinski definition) is 6. The molecule has 2 heterocycles. The van der Waals surface area contributed by atoms with Crippen LogP contribution < -0.4 is 4.89 Å². The molecule has 2 aliphatic heterocycles. The van der Waals surface area contributed by atoms with E-state index in [2.05, 4.69) is 0 Å². The van der Waals surface area contributed by atoms with Gasteiger partial charge in [-0.15, -0.1) is 0 Å². The maximum Gasteiger partial charge on any atom is 1.00 e. The Labute approximate surface area is 244 Å². The van der Waals surface area contributed by atoms with Crippen LogP contribution in [0.5, 0.6) is 0 Å². The first-order valence-corrected chi connectivity index (χ1v) is 14.0. The maximum absolute atomic E-state index is 14.1. The molecular formula is C31H28AgO6P. The number of hydrogen-bond donors (Lipinski definition) is 0. The van der Waals surface area contributed by atoms with Gasteiger partial charge in [0.2, 0.25) is 0 Å². The zero-order chi connectivity index (χ0) is 26.4. The van der Waals surface area contributed by atoms with Crippen LogP contribution in [0.15, 0.2) is 121 Å². The van der Waals surface area contributed by atoms with Gasteiger partial charge in [-0.05, 0) is 36.1 Å². The summed E-state index contributed by atoms with van der Waals surface area (Å²) in [5.74, 6) is -1.07. The number of ether oxygens (including phenoxy) is 2.